The summed E-state index contributed by atoms with van der Waals surface area (Å²) in [5.41, 5.74) is 1.28. The van der Waals surface area contributed by atoms with E-state index in [0.717, 1.165) is 0 Å². The van der Waals surface area contributed by atoms with E-state index >= 15 is 0 Å². The maximum atomic E-state index is 14.7. The van der Waals surface area contributed by atoms with Gasteiger partial charge in [-0.3, -0.25) is 4.79 Å². The topological polar surface area (TPSA) is 131 Å². The van der Waals surface area contributed by atoms with E-state index in [1.165, 1.54) is 24.5 Å². The molecule has 1 amide bonds. The lowest BCUT2D eigenvalue weighted by molar-refractivity contribution is -0.137. The van der Waals surface area contributed by atoms with E-state index in [4.69, 9.17) is 4.42 Å². The number of thiazole rings is 1. The average molecular weight is 595 g/mol. The van der Waals surface area contributed by atoms with Gasteiger partial charge in [-0.05, 0) is 6.07 Å². The van der Waals surface area contributed by atoms with Crippen LogP contribution in [-0.2, 0) is 17.4 Å². The van der Waals surface area contributed by atoms with Crippen LogP contribution in [0.15, 0.2) is 70.3 Å². The van der Waals surface area contributed by atoms with Gasteiger partial charge in [0.2, 0.25) is 6.17 Å². The van der Waals surface area contributed by atoms with Gasteiger partial charge < -0.3 is 15.1 Å². The lowest BCUT2D eigenvalue weighted by Gasteiger charge is -2.11. The Bertz CT molecular complexity index is 1800. The molecule has 0 radical (unpaired) electrons. The van der Waals surface area contributed by atoms with Gasteiger partial charge in [-0.1, -0.05) is 54.5 Å². The van der Waals surface area contributed by atoms with E-state index < -0.39 is 29.1 Å². The molecule has 4 heterocycles. The third-order valence-corrected chi connectivity index (χ3v) is 7.26. The fourth-order valence-corrected chi connectivity index (χ4v) is 5.05. The van der Waals surface area contributed by atoms with Gasteiger partial charge in [-0.25, -0.2) is 24.3 Å². The van der Waals surface area contributed by atoms with Gasteiger partial charge in [-0.2, -0.15) is 13.2 Å². The quantitative estimate of drug-likeness (QED) is 0.243. The van der Waals surface area contributed by atoms with Gasteiger partial charge >= 0.3 is 12.2 Å². The van der Waals surface area contributed by atoms with Crippen LogP contribution in [0, 0.1) is 5.82 Å². The molecule has 0 saturated heterocycles. The van der Waals surface area contributed by atoms with Crippen molar-refractivity contribution in [2.75, 3.05) is 10.6 Å². The molecule has 3 aromatic heterocycles. The normalized spacial score (nSPS) is 15.0. The van der Waals surface area contributed by atoms with Crippen LogP contribution in [0.4, 0.5) is 29.3 Å². The molecule has 212 valence electrons. The number of fused-ring (bicyclic) bond motifs is 1. The lowest BCUT2D eigenvalue weighted by Crippen LogP contribution is -2.32. The highest BCUT2D eigenvalue weighted by atomic mass is 32.1. The van der Waals surface area contributed by atoms with Crippen molar-refractivity contribution in [1.82, 2.24) is 25.1 Å². The Morgan fingerprint density at radius 2 is 1.79 bits per heavy atom. The Balaban J connectivity index is 1.37. The molecule has 2 aromatic carbocycles. The molecule has 0 spiro atoms. The van der Waals surface area contributed by atoms with Crippen molar-refractivity contribution < 1.29 is 26.8 Å². The molecule has 1 aliphatic rings. The van der Waals surface area contributed by atoms with E-state index in [-0.39, 0.29) is 33.7 Å². The monoisotopic (exact) mass is 594 g/mol. The smallest absolute Gasteiger partial charge is 0.402 e. The number of carbonyl (C=O) groups is 1. The second-order valence-corrected chi connectivity index (χ2v) is 9.89. The second-order valence-electron chi connectivity index (χ2n) is 8.89. The van der Waals surface area contributed by atoms with Crippen molar-refractivity contribution in [2.45, 2.75) is 25.7 Å². The van der Waals surface area contributed by atoms with Crippen LogP contribution in [0.5, 0.6) is 0 Å². The Morgan fingerprint density at radius 1 is 1.02 bits per heavy atom. The van der Waals surface area contributed by atoms with Crippen molar-refractivity contribution >= 4 is 34.7 Å². The van der Waals surface area contributed by atoms with Gasteiger partial charge in [0.25, 0.3) is 11.8 Å². The zero-order valence-electron chi connectivity index (χ0n) is 21.5. The first-order valence-corrected chi connectivity index (χ1v) is 13.3. The largest absolute Gasteiger partial charge is 0.443 e. The minimum absolute atomic E-state index is 0.0521. The summed E-state index contributed by atoms with van der Waals surface area (Å²) in [4.78, 5) is 29.7. The van der Waals surface area contributed by atoms with Crippen molar-refractivity contribution in [3.63, 3.8) is 0 Å². The Labute approximate surface area is 238 Å². The standard InChI is InChI=1S/C27H18F4N8O2S/c1-2-17-32-11-14(12-33-17)21-20(36-25(42-21)27(29,30)31)24-38-39-26(41-24)37-22-23(40)35-19-15(9-6-10-16(19)28)18(34-22)13-7-4-3-5-8-13/h3-12,22H,2H2,1H3,(H,35,40)(H,37,39). The third-order valence-electron chi connectivity index (χ3n) is 6.11. The first-order valence-electron chi connectivity index (χ1n) is 12.4. The van der Waals surface area contributed by atoms with E-state index in [9.17, 15) is 22.4 Å². The van der Waals surface area contributed by atoms with Crippen LogP contribution in [0.1, 0.15) is 28.9 Å². The summed E-state index contributed by atoms with van der Waals surface area (Å²) < 4.78 is 61.1. The molecule has 5 aromatic rings. The SMILES string of the molecule is CCc1ncc(-c2sc(C(F)(F)F)nc2-c2nnc(NC3N=C(c4ccccc4)c4cccc(F)c4NC3=O)o2)cn1. The molecular formula is C27H18F4N8O2S. The van der Waals surface area contributed by atoms with Crippen LogP contribution >= 0.6 is 11.3 Å². The van der Waals surface area contributed by atoms with E-state index in [1.54, 1.807) is 36.4 Å². The van der Waals surface area contributed by atoms with Gasteiger partial charge in [0.1, 0.15) is 17.3 Å². The molecule has 0 fully saturated rings. The molecule has 2 N–H and O–H groups in total. The number of benzodiazepines with no additional fused rings is 1. The highest BCUT2D eigenvalue weighted by Crippen LogP contribution is 2.42. The number of nitrogens with one attached hydrogen (secondary N) is 2. The second kappa shape index (κ2) is 10.7. The van der Waals surface area contributed by atoms with Crippen LogP contribution in [-0.4, -0.2) is 42.9 Å². The average Bonchev–Trinajstić information content (AvgIpc) is 3.61. The lowest BCUT2D eigenvalue weighted by atomic mass is 10.0. The van der Waals surface area contributed by atoms with E-state index in [2.05, 4.69) is 40.8 Å². The zero-order chi connectivity index (χ0) is 29.4. The number of amides is 1. The number of para-hydroxylation sites is 1. The first kappa shape index (κ1) is 27.1. The van der Waals surface area contributed by atoms with Crippen LogP contribution in [0.3, 0.4) is 0 Å². The van der Waals surface area contributed by atoms with E-state index in [1.807, 2.05) is 6.92 Å². The Hall–Kier alpha value is -5.05. The zero-order valence-corrected chi connectivity index (χ0v) is 22.3. The molecule has 0 saturated carbocycles. The van der Waals surface area contributed by atoms with Crippen LogP contribution in [0.2, 0.25) is 0 Å². The fourth-order valence-electron chi connectivity index (χ4n) is 4.15. The molecule has 6 rings (SSSR count). The predicted octanol–water partition coefficient (Wildman–Crippen LogP) is 5.60. The van der Waals surface area contributed by atoms with Gasteiger partial charge in [0, 0.05) is 35.5 Å². The molecule has 1 aliphatic heterocycles. The molecule has 0 bridgehead atoms. The summed E-state index contributed by atoms with van der Waals surface area (Å²) in [6, 6.07) is 12.9. The number of halogens is 4. The highest BCUT2D eigenvalue weighted by Gasteiger charge is 2.38. The summed E-state index contributed by atoms with van der Waals surface area (Å²) in [7, 11) is 0. The predicted molar refractivity (Wildman–Crippen MR) is 145 cm³/mol. The highest BCUT2D eigenvalue weighted by molar-refractivity contribution is 7.15. The molecule has 1 unspecified atom stereocenters. The number of anilines is 2. The molecular weight excluding hydrogens is 576 g/mol. The van der Waals surface area contributed by atoms with E-state index in [0.29, 0.717) is 40.4 Å². The van der Waals surface area contributed by atoms with Gasteiger partial charge in [0.15, 0.2) is 5.01 Å². The molecule has 42 heavy (non-hydrogen) atoms. The van der Waals surface area contributed by atoms with Crippen molar-refractivity contribution in [1.29, 1.82) is 0 Å². The van der Waals surface area contributed by atoms with Crippen molar-refractivity contribution in [2.24, 2.45) is 4.99 Å². The minimum atomic E-state index is -4.73. The van der Waals surface area contributed by atoms with Gasteiger partial charge in [0.05, 0.1) is 16.3 Å². The molecule has 0 aliphatic carbocycles. The van der Waals surface area contributed by atoms with Crippen LogP contribution in [0.25, 0.3) is 22.0 Å². The van der Waals surface area contributed by atoms with Crippen LogP contribution < -0.4 is 10.6 Å². The number of carbonyl (C=O) groups excluding carboxylic acids is 1. The molecule has 10 nitrogen and oxygen atoms in total. The number of rotatable bonds is 6. The number of aromatic nitrogens is 5. The molecule has 15 heteroatoms. The minimum Gasteiger partial charge on any atom is -0.402 e. The number of hydrogen-bond acceptors (Lipinski definition) is 10. The maximum Gasteiger partial charge on any atom is 0.443 e. The number of aryl methyl sites for hydroxylation is 1. The van der Waals surface area contributed by atoms with Crippen molar-refractivity contribution in [3.8, 4) is 22.0 Å². The first-order chi connectivity index (χ1) is 20.2. The third kappa shape index (κ3) is 5.21. The number of benzene rings is 2. The summed E-state index contributed by atoms with van der Waals surface area (Å²) in [5.74, 6) is -1.20. The Kier molecular flexibility index (Phi) is 6.94. The number of nitrogens with zero attached hydrogens (tertiary/aromatic N) is 6. The van der Waals surface area contributed by atoms with Gasteiger partial charge in [-0.15, -0.1) is 16.4 Å². The molecule has 1 atom stereocenters. The fraction of sp³-hybridized carbons (Fsp3) is 0.148. The summed E-state index contributed by atoms with van der Waals surface area (Å²) in [6.45, 7) is 1.85. The Morgan fingerprint density at radius 3 is 2.50 bits per heavy atom. The number of alkyl halides is 3. The van der Waals surface area contributed by atoms with Crippen molar-refractivity contribution in [3.05, 3.63) is 88.7 Å². The number of aliphatic imine (C=N–C) groups is 1. The summed E-state index contributed by atoms with van der Waals surface area (Å²) in [6.07, 6.45) is -2.76. The summed E-state index contributed by atoms with van der Waals surface area (Å²) >= 11 is 0.382. The summed E-state index contributed by atoms with van der Waals surface area (Å²) in [5, 5.41) is 11.8. The maximum absolute atomic E-state index is 14.7. The number of hydrogen-bond donors (Lipinski definition) is 2.